The molecular weight excluding hydrogens is 324 g/mol. The Hall–Kier alpha value is -2.06. The molecule has 2 atom stereocenters. The van der Waals surface area contributed by atoms with Gasteiger partial charge in [0.25, 0.3) is 0 Å². The summed E-state index contributed by atoms with van der Waals surface area (Å²) < 4.78 is 7.46. The molecule has 24 heavy (non-hydrogen) atoms. The molecule has 7 nitrogen and oxygen atoms in total. The first-order chi connectivity index (χ1) is 11.8. The van der Waals surface area contributed by atoms with Gasteiger partial charge in [0.05, 0.1) is 17.5 Å². The maximum absolute atomic E-state index is 5.56. The Bertz CT molecular complexity index is 753. The molecule has 0 amide bonds. The lowest BCUT2D eigenvalue weighted by molar-refractivity contribution is 0.0719. The van der Waals surface area contributed by atoms with Crippen LogP contribution >= 0.6 is 11.3 Å². The van der Waals surface area contributed by atoms with Crippen LogP contribution in [0, 0.1) is 0 Å². The average Bonchev–Trinajstić information content (AvgIpc) is 3.35. The lowest BCUT2D eigenvalue weighted by Gasteiger charge is -2.38. The van der Waals surface area contributed by atoms with Gasteiger partial charge in [-0.25, -0.2) is 4.98 Å². The van der Waals surface area contributed by atoms with Crippen LogP contribution in [-0.4, -0.2) is 42.4 Å². The molecule has 126 valence electrons. The van der Waals surface area contributed by atoms with Gasteiger partial charge in [-0.15, -0.1) is 11.3 Å². The largest absolute Gasteiger partial charge is 0.337 e. The lowest BCUT2D eigenvalue weighted by atomic mass is 10.00. The van der Waals surface area contributed by atoms with Gasteiger partial charge in [0, 0.05) is 6.04 Å². The predicted octanol–water partition coefficient (Wildman–Crippen LogP) is 3.01. The van der Waals surface area contributed by atoms with E-state index < -0.39 is 0 Å². The van der Waals surface area contributed by atoms with Crippen LogP contribution in [0.15, 0.2) is 34.7 Å². The van der Waals surface area contributed by atoms with Gasteiger partial charge in [0.2, 0.25) is 11.7 Å². The van der Waals surface area contributed by atoms with Gasteiger partial charge in [0.15, 0.2) is 0 Å². The first-order valence-electron chi connectivity index (χ1n) is 8.27. The van der Waals surface area contributed by atoms with E-state index in [-0.39, 0.29) is 6.04 Å². The smallest absolute Gasteiger partial charge is 0.244 e. The van der Waals surface area contributed by atoms with Gasteiger partial charge in [-0.2, -0.15) is 10.1 Å². The number of hydrogen-bond donors (Lipinski definition) is 0. The van der Waals surface area contributed by atoms with Crippen molar-refractivity contribution in [1.82, 2.24) is 29.8 Å². The van der Waals surface area contributed by atoms with E-state index in [0.717, 1.165) is 24.4 Å². The van der Waals surface area contributed by atoms with E-state index in [1.807, 2.05) is 22.2 Å². The number of hydrogen-bond acceptors (Lipinski definition) is 7. The Morgan fingerprint density at radius 1 is 1.42 bits per heavy atom. The molecule has 8 heteroatoms. The molecule has 4 rings (SSSR count). The van der Waals surface area contributed by atoms with Crippen molar-refractivity contribution in [3.63, 3.8) is 0 Å². The van der Waals surface area contributed by atoms with Crippen molar-refractivity contribution in [1.29, 1.82) is 0 Å². The highest BCUT2D eigenvalue weighted by Crippen LogP contribution is 2.30. The number of piperidine rings is 1. The topological polar surface area (TPSA) is 72.9 Å². The highest BCUT2D eigenvalue weighted by atomic mass is 32.1. The van der Waals surface area contributed by atoms with Crippen LogP contribution in [0.2, 0.25) is 0 Å². The molecule has 0 bridgehead atoms. The zero-order chi connectivity index (χ0) is 16.4. The molecule has 0 saturated carbocycles. The second-order valence-electron chi connectivity index (χ2n) is 6.11. The fourth-order valence-corrected chi connectivity index (χ4v) is 3.97. The molecule has 0 spiro atoms. The van der Waals surface area contributed by atoms with Crippen molar-refractivity contribution in [2.45, 2.75) is 44.8 Å². The van der Waals surface area contributed by atoms with Crippen molar-refractivity contribution in [3.8, 4) is 10.7 Å². The van der Waals surface area contributed by atoms with Gasteiger partial charge in [-0.05, 0) is 37.8 Å². The van der Waals surface area contributed by atoms with Crippen LogP contribution < -0.4 is 0 Å². The molecule has 0 aromatic carbocycles. The summed E-state index contributed by atoms with van der Waals surface area (Å²) >= 11 is 1.62. The minimum absolute atomic E-state index is 0.0973. The third-order valence-corrected chi connectivity index (χ3v) is 5.44. The summed E-state index contributed by atoms with van der Waals surface area (Å²) in [6, 6.07) is 4.52. The summed E-state index contributed by atoms with van der Waals surface area (Å²) in [5, 5.41) is 10.4. The highest BCUT2D eigenvalue weighted by molar-refractivity contribution is 7.13. The van der Waals surface area contributed by atoms with Crippen molar-refractivity contribution < 1.29 is 4.52 Å². The minimum Gasteiger partial charge on any atom is -0.337 e. The molecule has 3 aromatic heterocycles. The summed E-state index contributed by atoms with van der Waals surface area (Å²) in [6.45, 7) is 4.03. The van der Waals surface area contributed by atoms with E-state index in [9.17, 15) is 0 Å². The van der Waals surface area contributed by atoms with E-state index in [1.165, 1.54) is 12.8 Å². The van der Waals surface area contributed by atoms with Crippen molar-refractivity contribution in [2.24, 2.45) is 0 Å². The second kappa shape index (κ2) is 6.82. The zero-order valence-corrected chi connectivity index (χ0v) is 14.4. The van der Waals surface area contributed by atoms with Crippen LogP contribution in [0.3, 0.4) is 0 Å². The fraction of sp³-hybridized carbons (Fsp3) is 0.500. The van der Waals surface area contributed by atoms with Crippen LogP contribution in [0.1, 0.15) is 38.1 Å². The fourth-order valence-electron chi connectivity index (χ4n) is 3.32. The molecule has 1 saturated heterocycles. The van der Waals surface area contributed by atoms with E-state index >= 15 is 0 Å². The summed E-state index contributed by atoms with van der Waals surface area (Å²) in [5.41, 5.74) is 0. The predicted molar refractivity (Wildman–Crippen MR) is 90.4 cm³/mol. The quantitative estimate of drug-likeness (QED) is 0.708. The Morgan fingerprint density at radius 2 is 2.38 bits per heavy atom. The van der Waals surface area contributed by atoms with Crippen LogP contribution in [0.25, 0.3) is 10.7 Å². The van der Waals surface area contributed by atoms with Gasteiger partial charge in [-0.1, -0.05) is 17.6 Å². The molecule has 4 heterocycles. The Morgan fingerprint density at radius 3 is 3.17 bits per heavy atom. The van der Waals surface area contributed by atoms with E-state index in [0.29, 0.717) is 17.8 Å². The minimum atomic E-state index is 0.0973. The van der Waals surface area contributed by atoms with Gasteiger partial charge in [-0.3, -0.25) is 9.58 Å². The Balaban J connectivity index is 1.52. The van der Waals surface area contributed by atoms with Gasteiger partial charge < -0.3 is 4.52 Å². The van der Waals surface area contributed by atoms with Crippen molar-refractivity contribution in [2.75, 3.05) is 6.54 Å². The van der Waals surface area contributed by atoms with Crippen molar-refractivity contribution >= 4 is 11.3 Å². The summed E-state index contributed by atoms with van der Waals surface area (Å²) in [5.74, 6) is 1.36. The van der Waals surface area contributed by atoms with Gasteiger partial charge in [0.1, 0.15) is 12.7 Å². The number of aromatic nitrogens is 5. The number of thiophene rings is 1. The third kappa shape index (κ3) is 3.11. The molecule has 0 aliphatic carbocycles. The third-order valence-electron chi connectivity index (χ3n) is 4.58. The molecule has 3 aromatic rings. The molecule has 1 aliphatic rings. The maximum Gasteiger partial charge on any atom is 0.244 e. The standard InChI is InChI=1S/C16H20N6OS/c1-12(16-19-15(20-23-16)14-6-4-8-24-14)22-7-3-2-5-13(22)9-21-11-17-10-18-21/h4,6,8,10-13H,2-3,5,7,9H2,1H3/t12-,13-/m1/s1. The summed E-state index contributed by atoms with van der Waals surface area (Å²) in [7, 11) is 0. The average molecular weight is 344 g/mol. The molecule has 1 fully saturated rings. The first kappa shape index (κ1) is 15.5. The SMILES string of the molecule is C[C@H](c1nc(-c2cccs2)no1)N1CCCC[C@@H]1Cn1cncn1. The van der Waals surface area contributed by atoms with Crippen molar-refractivity contribution in [3.05, 3.63) is 36.1 Å². The van der Waals surface area contributed by atoms with Crippen LogP contribution in [0.5, 0.6) is 0 Å². The monoisotopic (exact) mass is 344 g/mol. The Kier molecular flexibility index (Phi) is 4.40. The molecular formula is C16H20N6OS. The molecule has 1 aliphatic heterocycles. The highest BCUT2D eigenvalue weighted by Gasteiger charge is 2.30. The summed E-state index contributed by atoms with van der Waals surface area (Å²) in [4.78, 5) is 12.1. The maximum atomic E-state index is 5.56. The second-order valence-corrected chi connectivity index (χ2v) is 7.06. The molecule has 0 radical (unpaired) electrons. The number of rotatable bonds is 5. The zero-order valence-electron chi connectivity index (χ0n) is 13.6. The van der Waals surface area contributed by atoms with E-state index in [2.05, 4.69) is 32.0 Å². The van der Waals surface area contributed by atoms with Gasteiger partial charge >= 0.3 is 0 Å². The van der Waals surface area contributed by atoms with Crippen LogP contribution in [0.4, 0.5) is 0 Å². The molecule has 0 N–H and O–H groups in total. The normalized spacial score (nSPS) is 20.3. The summed E-state index contributed by atoms with van der Waals surface area (Å²) in [6.07, 6.45) is 6.95. The van der Waals surface area contributed by atoms with E-state index in [4.69, 9.17) is 4.52 Å². The number of nitrogens with zero attached hydrogens (tertiary/aromatic N) is 6. The van der Waals surface area contributed by atoms with E-state index in [1.54, 1.807) is 24.0 Å². The number of likely N-dealkylation sites (tertiary alicyclic amines) is 1. The first-order valence-corrected chi connectivity index (χ1v) is 9.15. The Labute approximate surface area is 144 Å². The molecule has 0 unspecified atom stereocenters. The van der Waals surface area contributed by atoms with Crippen LogP contribution in [-0.2, 0) is 6.54 Å². The lowest BCUT2D eigenvalue weighted by Crippen LogP contribution is -2.43.